The van der Waals surface area contributed by atoms with Gasteiger partial charge in [0, 0.05) is 25.4 Å². The van der Waals surface area contributed by atoms with Crippen LogP contribution in [0.4, 0.5) is 0 Å². The third-order valence-electron chi connectivity index (χ3n) is 4.71. The van der Waals surface area contributed by atoms with Crippen molar-refractivity contribution < 1.29 is 4.79 Å². The van der Waals surface area contributed by atoms with Crippen molar-refractivity contribution in [3.8, 4) is 5.69 Å². The van der Waals surface area contributed by atoms with E-state index in [0.29, 0.717) is 13.0 Å². The molecular weight excluding hydrogens is 334 g/mol. The van der Waals surface area contributed by atoms with Crippen molar-refractivity contribution in [1.29, 1.82) is 0 Å². The molecule has 0 atom stereocenters. The Morgan fingerprint density at radius 1 is 1.07 bits per heavy atom. The molecule has 3 rings (SSSR count). The zero-order chi connectivity index (χ0) is 19.3. The van der Waals surface area contributed by atoms with Gasteiger partial charge in [0.2, 0.25) is 5.91 Å². The quantitative estimate of drug-likeness (QED) is 0.706. The predicted octanol–water partition coefficient (Wildman–Crippen LogP) is 4.42. The van der Waals surface area contributed by atoms with E-state index in [1.807, 2.05) is 35.0 Å². The summed E-state index contributed by atoms with van der Waals surface area (Å²) in [5.41, 5.74) is 4.76. The Hall–Kier alpha value is -2.88. The fourth-order valence-electron chi connectivity index (χ4n) is 3.03. The van der Waals surface area contributed by atoms with Gasteiger partial charge in [-0.1, -0.05) is 63.2 Å². The Labute approximate surface area is 161 Å². The van der Waals surface area contributed by atoms with Crippen LogP contribution in [0.15, 0.2) is 67.3 Å². The van der Waals surface area contributed by atoms with Crippen molar-refractivity contribution in [1.82, 2.24) is 14.9 Å². The average Bonchev–Trinajstić information content (AvgIpc) is 3.19. The molecule has 1 amide bonds. The summed E-state index contributed by atoms with van der Waals surface area (Å²) in [6, 6.07) is 16.6. The number of rotatable bonds is 6. The topological polar surface area (TPSA) is 46.9 Å². The molecule has 0 aliphatic heterocycles. The molecule has 4 nitrogen and oxygen atoms in total. The van der Waals surface area contributed by atoms with E-state index in [2.05, 4.69) is 55.3 Å². The highest BCUT2D eigenvalue weighted by molar-refractivity contribution is 5.76. The van der Waals surface area contributed by atoms with E-state index >= 15 is 0 Å². The third kappa shape index (κ3) is 5.07. The first-order chi connectivity index (χ1) is 12.9. The molecule has 0 saturated heterocycles. The Morgan fingerprint density at radius 3 is 2.48 bits per heavy atom. The SMILES string of the molecule is CC(C)(C)c1ccc(CCC(=O)NCc2ccccc2-n2ccnc2)cc1. The van der Waals surface area contributed by atoms with Crippen LogP contribution in [-0.2, 0) is 23.2 Å². The van der Waals surface area contributed by atoms with Gasteiger partial charge in [0.25, 0.3) is 0 Å². The fourth-order valence-corrected chi connectivity index (χ4v) is 3.03. The molecule has 0 spiro atoms. The highest BCUT2D eigenvalue weighted by Gasteiger charge is 2.13. The number of carbonyl (C=O) groups is 1. The first-order valence-corrected chi connectivity index (χ1v) is 9.36. The first-order valence-electron chi connectivity index (χ1n) is 9.36. The van der Waals surface area contributed by atoms with Crippen LogP contribution in [0.25, 0.3) is 5.69 Å². The summed E-state index contributed by atoms with van der Waals surface area (Å²) in [4.78, 5) is 16.4. The van der Waals surface area contributed by atoms with Gasteiger partial charge in [-0.3, -0.25) is 4.79 Å². The third-order valence-corrected chi connectivity index (χ3v) is 4.71. The molecule has 0 saturated carbocycles. The summed E-state index contributed by atoms with van der Waals surface area (Å²) in [5, 5.41) is 3.03. The molecule has 140 valence electrons. The summed E-state index contributed by atoms with van der Waals surface area (Å²) in [6.45, 7) is 7.13. The van der Waals surface area contributed by atoms with E-state index in [1.54, 1.807) is 12.5 Å². The second-order valence-electron chi connectivity index (χ2n) is 7.82. The lowest BCUT2D eigenvalue weighted by molar-refractivity contribution is -0.121. The van der Waals surface area contributed by atoms with Gasteiger partial charge in [0.05, 0.1) is 12.0 Å². The van der Waals surface area contributed by atoms with E-state index < -0.39 is 0 Å². The van der Waals surface area contributed by atoms with Crippen molar-refractivity contribution >= 4 is 5.91 Å². The fraction of sp³-hybridized carbons (Fsp3) is 0.304. The van der Waals surface area contributed by atoms with Crippen LogP contribution in [0.3, 0.4) is 0 Å². The lowest BCUT2D eigenvalue weighted by atomic mass is 9.86. The average molecular weight is 361 g/mol. The molecule has 1 aromatic heterocycles. The minimum absolute atomic E-state index is 0.0651. The van der Waals surface area contributed by atoms with Crippen molar-refractivity contribution in [3.05, 3.63) is 83.9 Å². The van der Waals surface area contributed by atoms with Crippen LogP contribution in [0.5, 0.6) is 0 Å². The maximum atomic E-state index is 12.3. The Morgan fingerprint density at radius 2 is 1.81 bits per heavy atom. The van der Waals surface area contributed by atoms with Gasteiger partial charge >= 0.3 is 0 Å². The van der Waals surface area contributed by atoms with Crippen molar-refractivity contribution in [3.63, 3.8) is 0 Å². The van der Waals surface area contributed by atoms with Crippen LogP contribution >= 0.6 is 0 Å². The number of carbonyl (C=O) groups excluding carboxylic acids is 1. The number of aromatic nitrogens is 2. The van der Waals surface area contributed by atoms with Crippen LogP contribution in [0.1, 0.15) is 43.9 Å². The minimum atomic E-state index is 0.0651. The summed E-state index contributed by atoms with van der Waals surface area (Å²) >= 11 is 0. The molecule has 0 aliphatic carbocycles. The zero-order valence-electron chi connectivity index (χ0n) is 16.3. The van der Waals surface area contributed by atoms with Gasteiger partial charge in [0.1, 0.15) is 0 Å². The van der Waals surface area contributed by atoms with Crippen LogP contribution in [-0.4, -0.2) is 15.5 Å². The monoisotopic (exact) mass is 361 g/mol. The second-order valence-corrected chi connectivity index (χ2v) is 7.82. The van der Waals surface area contributed by atoms with E-state index in [0.717, 1.165) is 17.7 Å². The van der Waals surface area contributed by atoms with E-state index in [4.69, 9.17) is 0 Å². The van der Waals surface area contributed by atoms with Gasteiger partial charge in [-0.05, 0) is 34.6 Å². The lowest BCUT2D eigenvalue weighted by Crippen LogP contribution is -2.23. The molecule has 2 aromatic carbocycles. The van der Waals surface area contributed by atoms with E-state index in [-0.39, 0.29) is 11.3 Å². The summed E-state index contributed by atoms with van der Waals surface area (Å²) < 4.78 is 1.96. The number of nitrogens with one attached hydrogen (secondary N) is 1. The minimum Gasteiger partial charge on any atom is -0.352 e. The molecule has 0 unspecified atom stereocenters. The maximum Gasteiger partial charge on any atom is 0.220 e. The second kappa shape index (κ2) is 8.21. The normalized spacial score (nSPS) is 11.4. The molecule has 0 fully saturated rings. The van der Waals surface area contributed by atoms with Gasteiger partial charge in [0.15, 0.2) is 0 Å². The molecular formula is C23H27N3O. The number of nitrogens with zero attached hydrogens (tertiary/aromatic N) is 2. The summed E-state index contributed by atoms with van der Waals surface area (Å²) in [6.07, 6.45) is 6.66. The van der Waals surface area contributed by atoms with Gasteiger partial charge < -0.3 is 9.88 Å². The largest absolute Gasteiger partial charge is 0.352 e. The zero-order valence-corrected chi connectivity index (χ0v) is 16.3. The van der Waals surface area contributed by atoms with Gasteiger partial charge in [-0.15, -0.1) is 0 Å². The number of hydrogen-bond donors (Lipinski definition) is 1. The highest BCUT2D eigenvalue weighted by Crippen LogP contribution is 2.22. The van der Waals surface area contributed by atoms with E-state index in [1.165, 1.54) is 11.1 Å². The van der Waals surface area contributed by atoms with Crippen molar-refractivity contribution in [2.75, 3.05) is 0 Å². The van der Waals surface area contributed by atoms with Crippen molar-refractivity contribution in [2.45, 2.75) is 45.6 Å². The summed E-state index contributed by atoms with van der Waals surface area (Å²) in [7, 11) is 0. The predicted molar refractivity (Wildman–Crippen MR) is 109 cm³/mol. The van der Waals surface area contributed by atoms with Crippen LogP contribution in [0, 0.1) is 0 Å². The number of benzene rings is 2. The molecule has 4 heteroatoms. The molecule has 3 aromatic rings. The number of amides is 1. The highest BCUT2D eigenvalue weighted by atomic mass is 16.1. The molecule has 1 N–H and O–H groups in total. The van der Waals surface area contributed by atoms with Gasteiger partial charge in [-0.2, -0.15) is 0 Å². The lowest BCUT2D eigenvalue weighted by Gasteiger charge is -2.19. The van der Waals surface area contributed by atoms with Crippen LogP contribution < -0.4 is 5.32 Å². The summed E-state index contributed by atoms with van der Waals surface area (Å²) in [5.74, 6) is 0.0651. The van der Waals surface area contributed by atoms with Crippen LogP contribution in [0.2, 0.25) is 0 Å². The molecule has 0 aliphatic rings. The van der Waals surface area contributed by atoms with Gasteiger partial charge in [-0.25, -0.2) is 4.98 Å². The maximum absolute atomic E-state index is 12.3. The number of para-hydroxylation sites is 1. The molecule has 0 bridgehead atoms. The number of hydrogen-bond acceptors (Lipinski definition) is 2. The Kier molecular flexibility index (Phi) is 5.75. The molecule has 0 radical (unpaired) electrons. The van der Waals surface area contributed by atoms with E-state index in [9.17, 15) is 4.79 Å². The smallest absolute Gasteiger partial charge is 0.220 e. The Balaban J connectivity index is 1.54. The molecule has 27 heavy (non-hydrogen) atoms. The number of imidazole rings is 1. The molecule has 1 heterocycles. The number of aryl methyl sites for hydroxylation is 1. The first kappa shape index (κ1) is 18.9. The Bertz CT molecular complexity index is 875. The standard InChI is InChI=1S/C23H27N3O/c1-23(2,3)20-11-8-18(9-12-20)10-13-22(27)25-16-19-6-4-5-7-21(19)26-15-14-24-17-26/h4-9,11-12,14-15,17H,10,13,16H2,1-3H3,(H,25,27). The van der Waals surface area contributed by atoms with Crippen molar-refractivity contribution in [2.24, 2.45) is 0 Å².